The molecule has 0 aliphatic carbocycles. The molecule has 0 radical (unpaired) electrons. The van der Waals surface area contributed by atoms with Gasteiger partial charge in [-0.2, -0.15) is 0 Å². The first-order chi connectivity index (χ1) is 9.52. The monoisotopic (exact) mass is 278 g/mol. The summed E-state index contributed by atoms with van der Waals surface area (Å²) in [5, 5.41) is 11.0. The van der Waals surface area contributed by atoms with Crippen molar-refractivity contribution in [1.29, 1.82) is 0 Å². The molecular formula is C14H22N4O2. The summed E-state index contributed by atoms with van der Waals surface area (Å²) < 4.78 is 0. The highest BCUT2D eigenvalue weighted by Crippen LogP contribution is 2.30. The molecule has 1 aromatic carbocycles. The van der Waals surface area contributed by atoms with Gasteiger partial charge < -0.3 is 5.43 Å². The van der Waals surface area contributed by atoms with E-state index in [1.54, 1.807) is 6.07 Å². The average Bonchev–Trinajstić information content (AvgIpc) is 2.41. The van der Waals surface area contributed by atoms with E-state index >= 15 is 0 Å². The standard InChI is InChI=1S/C14H22N4O2/c1-10-6-7-17(11(2)8-10)9-12-4-3-5-13(18(19)20)14(12)16-15/h3-5,10-11,16H,6-9,15H2,1-2H3. The number of nitrogens with two attached hydrogens (primary N) is 1. The van der Waals surface area contributed by atoms with Gasteiger partial charge >= 0.3 is 0 Å². The molecule has 2 unspecified atom stereocenters. The lowest BCUT2D eigenvalue weighted by molar-refractivity contribution is -0.384. The van der Waals surface area contributed by atoms with E-state index in [0.29, 0.717) is 18.3 Å². The molecule has 2 atom stereocenters. The molecule has 1 aliphatic rings. The minimum absolute atomic E-state index is 0.0306. The van der Waals surface area contributed by atoms with Crippen LogP contribution in [0.1, 0.15) is 32.3 Å². The first kappa shape index (κ1) is 14.7. The normalized spacial score (nSPS) is 23.6. The van der Waals surface area contributed by atoms with Crippen LogP contribution in [0.15, 0.2) is 18.2 Å². The van der Waals surface area contributed by atoms with Gasteiger partial charge in [0.25, 0.3) is 5.69 Å². The van der Waals surface area contributed by atoms with Crippen LogP contribution in [0, 0.1) is 16.0 Å². The molecule has 0 aromatic heterocycles. The predicted octanol–water partition coefficient (Wildman–Crippen LogP) is 2.50. The van der Waals surface area contributed by atoms with Crippen molar-refractivity contribution in [3.8, 4) is 0 Å². The molecule has 6 nitrogen and oxygen atoms in total. The van der Waals surface area contributed by atoms with E-state index in [0.717, 1.165) is 18.0 Å². The van der Waals surface area contributed by atoms with E-state index in [4.69, 9.17) is 5.84 Å². The van der Waals surface area contributed by atoms with Crippen molar-refractivity contribution in [3.05, 3.63) is 33.9 Å². The third kappa shape index (κ3) is 3.08. The number of hydrogen-bond acceptors (Lipinski definition) is 5. The number of likely N-dealkylation sites (tertiary alicyclic amines) is 1. The topological polar surface area (TPSA) is 84.4 Å². The molecule has 6 heteroatoms. The second-order valence-electron chi connectivity index (χ2n) is 5.66. The highest BCUT2D eigenvalue weighted by Gasteiger charge is 2.25. The number of anilines is 1. The van der Waals surface area contributed by atoms with Crippen LogP contribution >= 0.6 is 0 Å². The lowest BCUT2D eigenvalue weighted by atomic mass is 9.93. The molecule has 2 rings (SSSR count). The molecule has 1 saturated heterocycles. The summed E-state index contributed by atoms with van der Waals surface area (Å²) in [5.41, 5.74) is 3.82. The van der Waals surface area contributed by atoms with E-state index in [1.165, 1.54) is 18.9 Å². The van der Waals surface area contributed by atoms with Gasteiger partial charge in [0.05, 0.1) is 4.92 Å². The number of hydrazine groups is 1. The van der Waals surface area contributed by atoms with Crippen LogP contribution in [-0.2, 0) is 6.54 Å². The molecule has 0 saturated carbocycles. The van der Waals surface area contributed by atoms with Crippen molar-refractivity contribution in [1.82, 2.24) is 4.90 Å². The first-order valence-corrected chi connectivity index (χ1v) is 7.00. The van der Waals surface area contributed by atoms with Crippen LogP contribution in [0.3, 0.4) is 0 Å². The number of nitro groups is 1. The number of nitro benzene ring substituents is 1. The van der Waals surface area contributed by atoms with Crippen molar-refractivity contribution in [2.24, 2.45) is 11.8 Å². The minimum Gasteiger partial charge on any atom is -0.318 e. The van der Waals surface area contributed by atoms with Gasteiger partial charge in [0, 0.05) is 18.7 Å². The summed E-state index contributed by atoms with van der Waals surface area (Å²) in [6.45, 7) is 6.20. The highest BCUT2D eigenvalue weighted by atomic mass is 16.6. The van der Waals surface area contributed by atoms with Crippen LogP contribution in [0.5, 0.6) is 0 Å². The Kier molecular flexibility index (Phi) is 4.57. The Bertz CT molecular complexity index is 492. The number of piperidine rings is 1. The summed E-state index contributed by atoms with van der Waals surface area (Å²) in [7, 11) is 0. The second-order valence-corrected chi connectivity index (χ2v) is 5.66. The summed E-state index contributed by atoms with van der Waals surface area (Å²) in [4.78, 5) is 13.0. The van der Waals surface area contributed by atoms with Crippen molar-refractivity contribution in [3.63, 3.8) is 0 Å². The van der Waals surface area contributed by atoms with Crippen molar-refractivity contribution in [2.75, 3.05) is 12.0 Å². The number of benzene rings is 1. The lowest BCUT2D eigenvalue weighted by Crippen LogP contribution is -2.39. The van der Waals surface area contributed by atoms with Crippen LogP contribution in [-0.4, -0.2) is 22.4 Å². The molecule has 1 aromatic rings. The van der Waals surface area contributed by atoms with Gasteiger partial charge in [-0.1, -0.05) is 19.1 Å². The Balaban J connectivity index is 2.21. The number of hydrogen-bond donors (Lipinski definition) is 2. The van der Waals surface area contributed by atoms with Gasteiger partial charge in [-0.15, -0.1) is 0 Å². The summed E-state index contributed by atoms with van der Waals surface area (Å²) >= 11 is 0. The van der Waals surface area contributed by atoms with Crippen LogP contribution in [0.25, 0.3) is 0 Å². The van der Waals surface area contributed by atoms with Gasteiger partial charge in [0.15, 0.2) is 0 Å². The number of nitrogens with one attached hydrogen (secondary N) is 1. The third-order valence-corrected chi connectivity index (χ3v) is 4.12. The van der Waals surface area contributed by atoms with E-state index in [1.807, 2.05) is 6.07 Å². The van der Waals surface area contributed by atoms with E-state index in [2.05, 4.69) is 24.2 Å². The van der Waals surface area contributed by atoms with Crippen LogP contribution in [0.2, 0.25) is 0 Å². The maximum atomic E-state index is 11.0. The Hall–Kier alpha value is -1.66. The lowest BCUT2D eigenvalue weighted by Gasteiger charge is -2.36. The quantitative estimate of drug-likeness (QED) is 0.502. The zero-order valence-corrected chi connectivity index (χ0v) is 12.0. The summed E-state index contributed by atoms with van der Waals surface area (Å²) in [6, 6.07) is 5.57. The maximum absolute atomic E-state index is 11.0. The SMILES string of the molecule is CC1CCN(Cc2cccc([N+](=O)[O-])c2NN)C(C)C1. The van der Waals surface area contributed by atoms with Crippen LogP contribution in [0.4, 0.5) is 11.4 Å². The summed E-state index contributed by atoms with van der Waals surface area (Å²) in [5.74, 6) is 6.23. The van der Waals surface area contributed by atoms with E-state index in [9.17, 15) is 10.1 Å². The van der Waals surface area contributed by atoms with E-state index < -0.39 is 4.92 Å². The fourth-order valence-electron chi connectivity index (χ4n) is 2.95. The highest BCUT2D eigenvalue weighted by molar-refractivity contribution is 5.65. The van der Waals surface area contributed by atoms with Crippen molar-refractivity contribution < 1.29 is 4.92 Å². The van der Waals surface area contributed by atoms with Gasteiger partial charge in [0.1, 0.15) is 5.69 Å². The minimum atomic E-state index is -0.402. The zero-order valence-electron chi connectivity index (χ0n) is 12.0. The summed E-state index contributed by atoms with van der Waals surface area (Å²) in [6.07, 6.45) is 2.34. The van der Waals surface area contributed by atoms with Gasteiger partial charge in [0.2, 0.25) is 0 Å². The molecule has 0 amide bonds. The zero-order chi connectivity index (χ0) is 14.7. The smallest absolute Gasteiger partial charge is 0.293 e. The molecule has 0 spiro atoms. The largest absolute Gasteiger partial charge is 0.318 e. The average molecular weight is 278 g/mol. The Morgan fingerprint density at radius 2 is 2.25 bits per heavy atom. The molecular weight excluding hydrogens is 256 g/mol. The molecule has 0 bridgehead atoms. The van der Waals surface area contributed by atoms with Crippen LogP contribution < -0.4 is 11.3 Å². The van der Waals surface area contributed by atoms with Crippen molar-refractivity contribution in [2.45, 2.75) is 39.3 Å². The number of nitrogens with zero attached hydrogens (tertiary/aromatic N) is 2. The number of nitrogen functional groups attached to an aromatic ring is 1. The third-order valence-electron chi connectivity index (χ3n) is 4.12. The predicted molar refractivity (Wildman–Crippen MR) is 79.2 cm³/mol. The molecule has 3 N–H and O–H groups in total. The fourth-order valence-corrected chi connectivity index (χ4v) is 2.95. The maximum Gasteiger partial charge on any atom is 0.293 e. The molecule has 1 aliphatic heterocycles. The molecule has 110 valence electrons. The number of rotatable bonds is 4. The van der Waals surface area contributed by atoms with Gasteiger partial charge in [-0.05, 0) is 37.8 Å². The first-order valence-electron chi connectivity index (χ1n) is 7.00. The Morgan fingerprint density at radius 1 is 1.50 bits per heavy atom. The number of para-hydroxylation sites is 1. The fraction of sp³-hybridized carbons (Fsp3) is 0.571. The van der Waals surface area contributed by atoms with Crippen molar-refractivity contribution >= 4 is 11.4 Å². The molecule has 1 heterocycles. The Labute approximate surface area is 119 Å². The van der Waals surface area contributed by atoms with E-state index in [-0.39, 0.29) is 5.69 Å². The second kappa shape index (κ2) is 6.19. The van der Waals surface area contributed by atoms with Gasteiger partial charge in [-0.3, -0.25) is 20.9 Å². The Morgan fingerprint density at radius 3 is 2.85 bits per heavy atom. The molecule has 20 heavy (non-hydrogen) atoms. The van der Waals surface area contributed by atoms with Gasteiger partial charge in [-0.25, -0.2) is 0 Å². The molecule has 1 fully saturated rings.